The van der Waals surface area contributed by atoms with E-state index in [1.54, 1.807) is 11.0 Å². The number of carbonyl (C=O) groups is 2. The van der Waals surface area contributed by atoms with Crippen LogP contribution in [0.3, 0.4) is 0 Å². The van der Waals surface area contributed by atoms with Crippen molar-refractivity contribution in [2.75, 3.05) is 13.1 Å². The first-order valence-corrected chi connectivity index (χ1v) is 8.47. The highest BCUT2D eigenvalue weighted by Gasteiger charge is 2.49. The van der Waals surface area contributed by atoms with Crippen LogP contribution in [0, 0.1) is 17.8 Å². The monoisotopic (exact) mass is 335 g/mol. The normalized spacial score (nSPS) is 24.7. The highest BCUT2D eigenvalue weighted by molar-refractivity contribution is 6.31. The summed E-state index contributed by atoms with van der Waals surface area (Å²) in [6, 6.07) is 7.35. The van der Waals surface area contributed by atoms with Gasteiger partial charge in [0, 0.05) is 18.1 Å². The van der Waals surface area contributed by atoms with Crippen molar-refractivity contribution in [2.45, 2.75) is 32.1 Å². The van der Waals surface area contributed by atoms with Crippen LogP contribution in [0.4, 0.5) is 0 Å². The third kappa shape index (κ3) is 2.97. The molecule has 1 aliphatic carbocycles. The Bertz CT molecular complexity index is 639. The summed E-state index contributed by atoms with van der Waals surface area (Å²) < 4.78 is 0. The number of benzene rings is 1. The van der Waals surface area contributed by atoms with Gasteiger partial charge in [-0.05, 0) is 50.2 Å². The summed E-state index contributed by atoms with van der Waals surface area (Å²) >= 11 is 6.26. The van der Waals surface area contributed by atoms with E-state index in [-0.39, 0.29) is 11.8 Å². The van der Waals surface area contributed by atoms with Crippen LogP contribution in [0.1, 0.15) is 32.3 Å². The molecule has 2 fully saturated rings. The van der Waals surface area contributed by atoms with Crippen molar-refractivity contribution in [3.8, 4) is 0 Å². The minimum absolute atomic E-state index is 0.0417. The van der Waals surface area contributed by atoms with Gasteiger partial charge in [-0.2, -0.15) is 0 Å². The maximum absolute atomic E-state index is 13.1. The van der Waals surface area contributed by atoms with Crippen LogP contribution in [0.15, 0.2) is 24.3 Å². The van der Waals surface area contributed by atoms with Crippen LogP contribution in [0.25, 0.3) is 0 Å². The van der Waals surface area contributed by atoms with Crippen molar-refractivity contribution in [2.24, 2.45) is 17.8 Å². The molecule has 3 rings (SSSR count). The Morgan fingerprint density at radius 2 is 1.87 bits per heavy atom. The second kappa shape index (κ2) is 5.82. The largest absolute Gasteiger partial charge is 0.481 e. The molecule has 0 bridgehead atoms. The fourth-order valence-electron chi connectivity index (χ4n) is 3.74. The molecule has 0 radical (unpaired) electrons. The highest BCUT2D eigenvalue weighted by atomic mass is 35.5. The summed E-state index contributed by atoms with van der Waals surface area (Å²) in [5.74, 6) is -0.697. The lowest BCUT2D eigenvalue weighted by Gasteiger charge is -2.30. The molecule has 2 aliphatic rings. The van der Waals surface area contributed by atoms with Crippen LogP contribution in [-0.2, 0) is 15.0 Å². The number of halogens is 1. The molecule has 1 saturated carbocycles. The van der Waals surface area contributed by atoms with E-state index >= 15 is 0 Å². The minimum Gasteiger partial charge on any atom is -0.481 e. The van der Waals surface area contributed by atoms with Crippen molar-refractivity contribution in [1.29, 1.82) is 0 Å². The average Bonchev–Trinajstić information content (AvgIpc) is 3.25. The van der Waals surface area contributed by atoms with Crippen molar-refractivity contribution >= 4 is 23.5 Å². The van der Waals surface area contributed by atoms with Gasteiger partial charge in [0.1, 0.15) is 0 Å². The Kier molecular flexibility index (Phi) is 4.13. The molecule has 0 spiro atoms. The SMILES string of the molecule is CC(C)(C(=O)N1C[C@H](C(=O)O)[C@@H](C2CC2)C1)c1ccccc1Cl. The lowest BCUT2D eigenvalue weighted by molar-refractivity contribution is -0.143. The molecule has 1 amide bonds. The number of carbonyl (C=O) groups excluding carboxylic acids is 1. The maximum Gasteiger partial charge on any atom is 0.308 e. The van der Waals surface area contributed by atoms with E-state index in [1.807, 2.05) is 32.0 Å². The Hall–Kier alpha value is -1.55. The fourth-order valence-corrected chi connectivity index (χ4v) is 4.11. The number of amides is 1. The summed E-state index contributed by atoms with van der Waals surface area (Å²) in [4.78, 5) is 26.3. The minimum atomic E-state index is -0.784. The molecule has 2 atom stereocenters. The van der Waals surface area contributed by atoms with Gasteiger partial charge in [0.2, 0.25) is 5.91 Å². The van der Waals surface area contributed by atoms with Gasteiger partial charge in [-0.3, -0.25) is 9.59 Å². The van der Waals surface area contributed by atoms with E-state index < -0.39 is 17.3 Å². The topological polar surface area (TPSA) is 57.6 Å². The summed E-state index contributed by atoms with van der Waals surface area (Å²) in [6.07, 6.45) is 2.18. The average molecular weight is 336 g/mol. The summed E-state index contributed by atoms with van der Waals surface area (Å²) in [6.45, 7) is 4.57. The third-order valence-corrected chi connectivity index (χ3v) is 5.61. The third-order valence-electron chi connectivity index (χ3n) is 5.28. The Morgan fingerprint density at radius 1 is 1.22 bits per heavy atom. The first-order valence-electron chi connectivity index (χ1n) is 8.09. The molecule has 1 N–H and O–H groups in total. The molecule has 1 heterocycles. The van der Waals surface area contributed by atoms with Gasteiger partial charge in [0.25, 0.3) is 0 Å². The summed E-state index contributed by atoms with van der Waals surface area (Å²) in [7, 11) is 0. The molecule has 1 aromatic carbocycles. The van der Waals surface area contributed by atoms with Gasteiger partial charge in [0.15, 0.2) is 0 Å². The van der Waals surface area contributed by atoms with Crippen molar-refractivity contribution in [3.05, 3.63) is 34.9 Å². The van der Waals surface area contributed by atoms with Gasteiger partial charge in [-0.1, -0.05) is 29.8 Å². The molecular formula is C18H22ClNO3. The molecule has 1 saturated heterocycles. The molecule has 124 valence electrons. The molecular weight excluding hydrogens is 314 g/mol. The maximum atomic E-state index is 13.1. The Morgan fingerprint density at radius 3 is 2.43 bits per heavy atom. The van der Waals surface area contributed by atoms with E-state index in [2.05, 4.69) is 0 Å². The molecule has 23 heavy (non-hydrogen) atoms. The zero-order valence-corrected chi connectivity index (χ0v) is 14.2. The zero-order chi connectivity index (χ0) is 16.8. The van der Waals surface area contributed by atoms with E-state index in [4.69, 9.17) is 11.6 Å². The number of likely N-dealkylation sites (tertiary alicyclic amines) is 1. The van der Waals surface area contributed by atoms with Crippen LogP contribution in [0.2, 0.25) is 5.02 Å². The van der Waals surface area contributed by atoms with Gasteiger partial charge in [0.05, 0.1) is 11.3 Å². The molecule has 4 nitrogen and oxygen atoms in total. The quantitative estimate of drug-likeness (QED) is 0.919. The van der Waals surface area contributed by atoms with Gasteiger partial charge in [-0.25, -0.2) is 0 Å². The number of carboxylic acid groups (broad SMARTS) is 1. The zero-order valence-electron chi connectivity index (χ0n) is 13.5. The molecule has 1 aromatic rings. The van der Waals surface area contributed by atoms with Gasteiger partial charge >= 0.3 is 5.97 Å². The number of aliphatic carboxylic acids is 1. The standard InChI is InChI=1S/C18H22ClNO3/c1-18(2,14-5-3-4-6-15(14)19)17(23)20-9-12(11-7-8-11)13(10-20)16(21)22/h3-6,11-13H,7-10H2,1-2H3,(H,21,22)/t12-,13+/m1/s1. The number of nitrogens with zero attached hydrogens (tertiary/aromatic N) is 1. The van der Waals surface area contributed by atoms with E-state index in [0.717, 1.165) is 18.4 Å². The highest BCUT2D eigenvalue weighted by Crippen LogP contribution is 2.45. The first kappa shape index (κ1) is 16.3. The van der Waals surface area contributed by atoms with Crippen molar-refractivity contribution in [3.63, 3.8) is 0 Å². The van der Waals surface area contributed by atoms with E-state index in [9.17, 15) is 14.7 Å². The van der Waals surface area contributed by atoms with E-state index in [0.29, 0.717) is 24.0 Å². The molecule has 0 unspecified atom stereocenters. The predicted octanol–water partition coefficient (Wildman–Crippen LogP) is 3.19. The predicted molar refractivity (Wildman–Crippen MR) is 88.4 cm³/mol. The number of carboxylic acids is 1. The molecule has 1 aliphatic heterocycles. The lowest BCUT2D eigenvalue weighted by atomic mass is 9.83. The molecule has 0 aromatic heterocycles. The number of rotatable bonds is 4. The van der Waals surface area contributed by atoms with E-state index in [1.165, 1.54) is 0 Å². The number of hydrogen-bond acceptors (Lipinski definition) is 2. The lowest BCUT2D eigenvalue weighted by Crippen LogP contribution is -2.43. The van der Waals surface area contributed by atoms with Crippen molar-refractivity contribution < 1.29 is 14.7 Å². The summed E-state index contributed by atoms with van der Waals surface area (Å²) in [5, 5.41) is 10.0. The van der Waals surface area contributed by atoms with Gasteiger partial charge < -0.3 is 10.0 Å². The van der Waals surface area contributed by atoms with Crippen LogP contribution >= 0.6 is 11.6 Å². The second-order valence-corrected chi connectivity index (χ2v) is 7.67. The number of hydrogen-bond donors (Lipinski definition) is 1. The first-order chi connectivity index (χ1) is 10.8. The molecule has 5 heteroatoms. The van der Waals surface area contributed by atoms with Gasteiger partial charge in [-0.15, -0.1) is 0 Å². The smallest absolute Gasteiger partial charge is 0.308 e. The second-order valence-electron chi connectivity index (χ2n) is 7.26. The Labute approximate surface area is 141 Å². The van der Waals surface area contributed by atoms with Crippen LogP contribution < -0.4 is 0 Å². The Balaban J connectivity index is 1.82. The summed E-state index contributed by atoms with van der Waals surface area (Å²) in [5.41, 5.74) is 0.0215. The van der Waals surface area contributed by atoms with Crippen molar-refractivity contribution in [1.82, 2.24) is 4.90 Å². The van der Waals surface area contributed by atoms with Crippen LogP contribution in [0.5, 0.6) is 0 Å². The fraction of sp³-hybridized carbons (Fsp3) is 0.556. The van der Waals surface area contributed by atoms with Crippen LogP contribution in [-0.4, -0.2) is 35.0 Å².